The van der Waals surface area contributed by atoms with E-state index in [2.05, 4.69) is 10.2 Å². The Morgan fingerprint density at radius 1 is 1.36 bits per heavy atom. The van der Waals surface area contributed by atoms with Gasteiger partial charge >= 0.3 is 0 Å². The number of amides is 1. The summed E-state index contributed by atoms with van der Waals surface area (Å²) < 4.78 is 0. The summed E-state index contributed by atoms with van der Waals surface area (Å²) in [6.45, 7) is 3.75. The van der Waals surface area contributed by atoms with Crippen molar-refractivity contribution in [3.8, 4) is 0 Å². The lowest BCUT2D eigenvalue weighted by Crippen LogP contribution is -2.46. The van der Waals surface area contributed by atoms with Crippen LogP contribution in [0.1, 0.15) is 39.0 Å². The van der Waals surface area contributed by atoms with Crippen LogP contribution in [0.15, 0.2) is 0 Å². The fraction of sp³-hybridized carbons (Fsp3) is 0.909. The van der Waals surface area contributed by atoms with Crippen molar-refractivity contribution < 1.29 is 4.79 Å². The van der Waals surface area contributed by atoms with Crippen LogP contribution in [-0.2, 0) is 4.79 Å². The predicted molar refractivity (Wildman–Crippen MR) is 56.1 cm³/mol. The molecule has 0 aromatic rings. The average Bonchev–Trinajstić information content (AvgIpc) is 2.99. The van der Waals surface area contributed by atoms with Crippen LogP contribution in [0.4, 0.5) is 0 Å². The first kappa shape index (κ1) is 9.97. The molecule has 1 N–H and O–H groups in total. The summed E-state index contributed by atoms with van der Waals surface area (Å²) in [4.78, 5) is 13.5. The van der Waals surface area contributed by atoms with Crippen LogP contribution in [0.5, 0.6) is 0 Å². The predicted octanol–water partition coefficient (Wildman–Crippen LogP) is 1.14. The second-order valence-electron chi connectivity index (χ2n) is 4.55. The molecule has 1 aliphatic heterocycles. The maximum atomic E-state index is 11.4. The van der Waals surface area contributed by atoms with E-state index in [1.54, 1.807) is 6.92 Å². The van der Waals surface area contributed by atoms with Gasteiger partial charge in [-0.15, -0.1) is 0 Å². The topological polar surface area (TPSA) is 32.3 Å². The molecule has 0 unspecified atom stereocenters. The Morgan fingerprint density at radius 3 is 2.64 bits per heavy atom. The lowest BCUT2D eigenvalue weighted by Gasteiger charge is -2.30. The molecule has 2 rings (SSSR count). The second-order valence-corrected chi connectivity index (χ2v) is 4.55. The quantitative estimate of drug-likeness (QED) is 0.734. The van der Waals surface area contributed by atoms with Crippen LogP contribution in [-0.4, -0.2) is 36.0 Å². The number of piperidine rings is 1. The van der Waals surface area contributed by atoms with Crippen LogP contribution in [0, 0.1) is 0 Å². The number of hydrogen-bond acceptors (Lipinski definition) is 2. The van der Waals surface area contributed by atoms with Crippen molar-refractivity contribution >= 4 is 5.91 Å². The van der Waals surface area contributed by atoms with Gasteiger partial charge in [-0.3, -0.25) is 4.79 Å². The zero-order chi connectivity index (χ0) is 9.97. The molecule has 0 radical (unpaired) electrons. The summed E-state index contributed by atoms with van der Waals surface area (Å²) in [6, 6.07) is 1.12. The van der Waals surface area contributed by atoms with E-state index in [1.165, 1.54) is 32.1 Å². The van der Waals surface area contributed by atoms with Crippen molar-refractivity contribution in [2.45, 2.75) is 51.1 Å². The van der Waals surface area contributed by atoms with Gasteiger partial charge in [0.1, 0.15) is 0 Å². The molecule has 3 heteroatoms. The summed E-state index contributed by atoms with van der Waals surface area (Å²) in [5, 5.41) is 3.49. The van der Waals surface area contributed by atoms with Crippen molar-refractivity contribution in [2.24, 2.45) is 0 Å². The van der Waals surface area contributed by atoms with Gasteiger partial charge in [0.05, 0.1) is 0 Å². The molecule has 0 aromatic heterocycles. The van der Waals surface area contributed by atoms with Crippen molar-refractivity contribution in [1.82, 2.24) is 10.2 Å². The molecular formula is C11H20N2O. The second kappa shape index (κ2) is 4.30. The van der Waals surface area contributed by atoms with Gasteiger partial charge in [-0.25, -0.2) is 0 Å². The number of rotatable bonds is 3. The molecule has 2 fully saturated rings. The number of nitrogens with zero attached hydrogens (tertiary/aromatic N) is 1. The minimum atomic E-state index is 0.250. The standard InChI is InChI=1S/C11H20N2O/c1-9(14)13(11-5-6-11)8-10-4-2-3-7-12-10/h10-12H,2-8H2,1H3/t10-/m0/s1. The first-order chi connectivity index (χ1) is 6.77. The number of nitrogens with one attached hydrogen (secondary N) is 1. The third-order valence-corrected chi connectivity index (χ3v) is 3.22. The summed E-state index contributed by atoms with van der Waals surface area (Å²) in [7, 11) is 0. The fourth-order valence-electron chi connectivity index (χ4n) is 2.24. The maximum Gasteiger partial charge on any atom is 0.219 e. The molecule has 0 spiro atoms. The van der Waals surface area contributed by atoms with E-state index in [-0.39, 0.29) is 5.91 Å². The molecule has 1 heterocycles. The molecule has 0 bridgehead atoms. The van der Waals surface area contributed by atoms with E-state index in [0.29, 0.717) is 12.1 Å². The van der Waals surface area contributed by atoms with E-state index in [0.717, 1.165) is 13.1 Å². The van der Waals surface area contributed by atoms with Gasteiger partial charge in [-0.05, 0) is 32.2 Å². The van der Waals surface area contributed by atoms with Gasteiger partial charge in [-0.1, -0.05) is 6.42 Å². The van der Waals surface area contributed by atoms with Crippen LogP contribution >= 0.6 is 0 Å². The molecule has 1 aliphatic carbocycles. The highest BCUT2D eigenvalue weighted by Gasteiger charge is 2.32. The van der Waals surface area contributed by atoms with Gasteiger partial charge in [0.15, 0.2) is 0 Å². The van der Waals surface area contributed by atoms with Crippen molar-refractivity contribution in [2.75, 3.05) is 13.1 Å². The van der Waals surface area contributed by atoms with Gasteiger partial charge < -0.3 is 10.2 Å². The number of carbonyl (C=O) groups is 1. The normalized spacial score (nSPS) is 27.4. The minimum absolute atomic E-state index is 0.250. The fourth-order valence-corrected chi connectivity index (χ4v) is 2.24. The maximum absolute atomic E-state index is 11.4. The van der Waals surface area contributed by atoms with Crippen LogP contribution in [0.3, 0.4) is 0 Å². The van der Waals surface area contributed by atoms with Gasteiger partial charge in [-0.2, -0.15) is 0 Å². The van der Waals surface area contributed by atoms with Gasteiger partial charge in [0.2, 0.25) is 5.91 Å². The molecule has 14 heavy (non-hydrogen) atoms. The molecule has 1 saturated heterocycles. The Bertz CT molecular complexity index is 207. The van der Waals surface area contributed by atoms with Gasteiger partial charge in [0.25, 0.3) is 0 Å². The molecule has 3 nitrogen and oxygen atoms in total. The van der Waals surface area contributed by atoms with Gasteiger partial charge in [0, 0.05) is 25.6 Å². The minimum Gasteiger partial charge on any atom is -0.338 e. The van der Waals surface area contributed by atoms with E-state index >= 15 is 0 Å². The molecule has 0 aromatic carbocycles. The summed E-state index contributed by atoms with van der Waals surface area (Å²) in [5.74, 6) is 0.250. The van der Waals surface area contributed by atoms with E-state index in [1.807, 2.05) is 0 Å². The molecular weight excluding hydrogens is 176 g/mol. The van der Waals surface area contributed by atoms with E-state index in [9.17, 15) is 4.79 Å². The summed E-state index contributed by atoms with van der Waals surface area (Å²) in [6.07, 6.45) is 6.27. The lowest BCUT2D eigenvalue weighted by molar-refractivity contribution is -0.129. The summed E-state index contributed by atoms with van der Waals surface area (Å²) >= 11 is 0. The van der Waals surface area contributed by atoms with Crippen molar-refractivity contribution in [1.29, 1.82) is 0 Å². The lowest BCUT2D eigenvalue weighted by atomic mass is 10.0. The molecule has 1 atom stereocenters. The highest BCUT2D eigenvalue weighted by Crippen LogP contribution is 2.27. The molecule has 1 amide bonds. The van der Waals surface area contributed by atoms with Crippen molar-refractivity contribution in [3.05, 3.63) is 0 Å². The Labute approximate surface area is 85.8 Å². The van der Waals surface area contributed by atoms with E-state index in [4.69, 9.17) is 0 Å². The molecule has 2 aliphatic rings. The molecule has 1 saturated carbocycles. The highest BCUT2D eigenvalue weighted by molar-refractivity contribution is 5.74. The number of carbonyl (C=O) groups excluding carboxylic acids is 1. The third-order valence-electron chi connectivity index (χ3n) is 3.22. The largest absolute Gasteiger partial charge is 0.338 e. The Hall–Kier alpha value is -0.570. The first-order valence-corrected chi connectivity index (χ1v) is 5.78. The van der Waals surface area contributed by atoms with E-state index < -0.39 is 0 Å². The SMILES string of the molecule is CC(=O)N(C[C@@H]1CCCCN1)C1CC1. The van der Waals surface area contributed by atoms with Crippen LogP contribution in [0.2, 0.25) is 0 Å². The third kappa shape index (κ3) is 2.47. The Balaban J connectivity index is 1.82. The van der Waals surface area contributed by atoms with Crippen molar-refractivity contribution in [3.63, 3.8) is 0 Å². The summed E-state index contributed by atoms with van der Waals surface area (Å²) in [5.41, 5.74) is 0. The monoisotopic (exact) mass is 196 g/mol. The smallest absolute Gasteiger partial charge is 0.219 e. The van der Waals surface area contributed by atoms with Crippen LogP contribution in [0.25, 0.3) is 0 Å². The number of hydrogen-bond donors (Lipinski definition) is 1. The zero-order valence-electron chi connectivity index (χ0n) is 8.96. The average molecular weight is 196 g/mol. The molecule has 80 valence electrons. The highest BCUT2D eigenvalue weighted by atomic mass is 16.2. The Morgan fingerprint density at radius 2 is 2.14 bits per heavy atom. The first-order valence-electron chi connectivity index (χ1n) is 5.78. The Kier molecular flexibility index (Phi) is 3.06. The zero-order valence-corrected chi connectivity index (χ0v) is 8.96. The van der Waals surface area contributed by atoms with Crippen LogP contribution < -0.4 is 5.32 Å².